The summed E-state index contributed by atoms with van der Waals surface area (Å²) in [6, 6.07) is 9.37. The summed E-state index contributed by atoms with van der Waals surface area (Å²) in [5.74, 6) is -1.03. The highest BCUT2D eigenvalue weighted by atomic mass is 16.5. The number of anilines is 1. The Morgan fingerprint density at radius 1 is 1.36 bits per heavy atom. The van der Waals surface area contributed by atoms with E-state index in [4.69, 9.17) is 9.47 Å². The Morgan fingerprint density at radius 3 is 2.75 bits per heavy atom. The number of esters is 1. The van der Waals surface area contributed by atoms with Gasteiger partial charge >= 0.3 is 5.97 Å². The quantitative estimate of drug-likeness (QED) is 0.776. The molecule has 2 aliphatic heterocycles. The second kappa shape index (κ2) is 8.23. The number of carbonyl (C=O) groups excluding carboxylic acids is 2. The molecule has 2 heterocycles. The van der Waals surface area contributed by atoms with Crippen molar-refractivity contribution in [3.05, 3.63) is 35.5 Å². The second-order valence-electron chi connectivity index (χ2n) is 6.58. The average Bonchev–Trinajstić information content (AvgIpc) is 2.83. The molecule has 1 amide bonds. The predicted octanol–water partition coefficient (Wildman–Crippen LogP) is 2.42. The fourth-order valence-electron chi connectivity index (χ4n) is 3.18. The van der Waals surface area contributed by atoms with Gasteiger partial charge in [-0.1, -0.05) is 12.1 Å². The van der Waals surface area contributed by atoms with E-state index in [0.29, 0.717) is 30.3 Å². The van der Waals surface area contributed by atoms with Gasteiger partial charge in [0.1, 0.15) is 16.8 Å². The van der Waals surface area contributed by atoms with Gasteiger partial charge in [-0.3, -0.25) is 4.79 Å². The van der Waals surface area contributed by atoms with Gasteiger partial charge in [-0.15, -0.1) is 0 Å². The zero-order valence-corrected chi connectivity index (χ0v) is 15.9. The van der Waals surface area contributed by atoms with Gasteiger partial charge in [0.05, 0.1) is 24.1 Å². The van der Waals surface area contributed by atoms with Gasteiger partial charge in [0.2, 0.25) is 5.91 Å². The number of para-hydroxylation sites is 2. The number of amidine groups is 1. The van der Waals surface area contributed by atoms with E-state index >= 15 is 0 Å². The molecule has 0 aromatic heterocycles. The van der Waals surface area contributed by atoms with Crippen molar-refractivity contribution in [1.29, 1.82) is 5.26 Å². The monoisotopic (exact) mass is 382 g/mol. The molecule has 1 fully saturated rings. The van der Waals surface area contributed by atoms with Gasteiger partial charge in [-0.2, -0.15) is 5.26 Å². The molecule has 0 spiro atoms. The highest BCUT2D eigenvalue weighted by Crippen LogP contribution is 2.32. The first kappa shape index (κ1) is 19.6. The molecule has 1 aromatic carbocycles. The van der Waals surface area contributed by atoms with Crippen LogP contribution >= 0.6 is 0 Å². The summed E-state index contributed by atoms with van der Waals surface area (Å²) in [4.78, 5) is 30.1. The molecule has 2 N–H and O–H groups in total. The molecule has 8 heteroatoms. The van der Waals surface area contributed by atoms with Gasteiger partial charge in [0, 0.05) is 18.9 Å². The number of nitrogens with zero attached hydrogens (tertiary/aromatic N) is 2. The van der Waals surface area contributed by atoms with Crippen molar-refractivity contribution in [2.75, 3.05) is 25.1 Å². The van der Waals surface area contributed by atoms with E-state index in [1.165, 1.54) is 0 Å². The predicted molar refractivity (Wildman–Crippen MR) is 103 cm³/mol. The van der Waals surface area contributed by atoms with Crippen LogP contribution in [0.4, 0.5) is 11.4 Å². The molecule has 28 heavy (non-hydrogen) atoms. The molecule has 0 bridgehead atoms. The number of allylic oxidation sites excluding steroid dienone is 1. The lowest BCUT2D eigenvalue weighted by Crippen LogP contribution is -2.47. The Bertz CT molecular complexity index is 892. The van der Waals surface area contributed by atoms with Crippen LogP contribution in [0.5, 0.6) is 0 Å². The van der Waals surface area contributed by atoms with Crippen LogP contribution in [0.3, 0.4) is 0 Å². The number of fused-ring (bicyclic) bond motifs is 1. The molecule has 0 atom stereocenters. The van der Waals surface area contributed by atoms with Crippen molar-refractivity contribution >= 4 is 29.1 Å². The SMILES string of the molecule is CCOC(=O)C1=C(C)Nc2ccccc2N=C1NC(=O)C1(C#N)CCOCC1. The third-order valence-corrected chi connectivity index (χ3v) is 4.78. The number of aliphatic imine (C=N–C) groups is 1. The van der Waals surface area contributed by atoms with Crippen LogP contribution < -0.4 is 10.6 Å². The summed E-state index contributed by atoms with van der Waals surface area (Å²) in [7, 11) is 0. The maximum atomic E-state index is 13.0. The molecule has 0 saturated carbocycles. The van der Waals surface area contributed by atoms with Crippen molar-refractivity contribution in [1.82, 2.24) is 5.32 Å². The Balaban J connectivity index is 2.02. The minimum atomic E-state index is -1.21. The average molecular weight is 382 g/mol. The number of hydrogen-bond acceptors (Lipinski definition) is 7. The number of hydrogen-bond donors (Lipinski definition) is 2. The summed E-state index contributed by atoms with van der Waals surface area (Å²) in [6.45, 7) is 4.26. The van der Waals surface area contributed by atoms with E-state index in [9.17, 15) is 14.9 Å². The van der Waals surface area contributed by atoms with Gasteiger partial charge in [-0.25, -0.2) is 9.79 Å². The topological polar surface area (TPSA) is 113 Å². The Labute approximate surface area is 163 Å². The Hall–Kier alpha value is -3.18. The van der Waals surface area contributed by atoms with Crippen molar-refractivity contribution in [3.8, 4) is 6.07 Å². The molecule has 1 saturated heterocycles. The van der Waals surface area contributed by atoms with Gasteiger partial charge in [0.15, 0.2) is 0 Å². The highest BCUT2D eigenvalue weighted by Gasteiger charge is 2.42. The molecule has 146 valence electrons. The van der Waals surface area contributed by atoms with Crippen LogP contribution in [-0.2, 0) is 19.1 Å². The lowest BCUT2D eigenvalue weighted by Gasteiger charge is -2.29. The number of amides is 1. The molecule has 8 nitrogen and oxygen atoms in total. The van der Waals surface area contributed by atoms with E-state index in [2.05, 4.69) is 21.7 Å². The molecule has 2 aliphatic rings. The number of rotatable bonds is 3. The normalized spacial score (nSPS) is 18.0. The van der Waals surface area contributed by atoms with Crippen LogP contribution in [0.1, 0.15) is 26.7 Å². The Kier molecular flexibility index (Phi) is 5.76. The molecular weight excluding hydrogens is 360 g/mol. The van der Waals surface area contributed by atoms with E-state index < -0.39 is 17.3 Å². The van der Waals surface area contributed by atoms with Crippen molar-refractivity contribution in [3.63, 3.8) is 0 Å². The Morgan fingerprint density at radius 2 is 2.07 bits per heavy atom. The van der Waals surface area contributed by atoms with E-state index in [-0.39, 0.29) is 30.9 Å². The molecule has 3 rings (SSSR count). The number of carbonyl (C=O) groups is 2. The van der Waals surface area contributed by atoms with Crippen LogP contribution in [0, 0.1) is 16.7 Å². The minimum Gasteiger partial charge on any atom is -0.462 e. The number of nitriles is 1. The lowest BCUT2D eigenvalue weighted by atomic mass is 9.81. The standard InChI is InChI=1S/C20H22N4O4/c1-3-28-18(25)16-13(2)22-14-6-4-5-7-15(14)23-17(16)24-19(26)20(12-21)8-10-27-11-9-20/h4-7,22H,3,8-11H2,1-2H3,(H,23,24,26). The lowest BCUT2D eigenvalue weighted by molar-refractivity contribution is -0.137. The van der Waals surface area contributed by atoms with Crippen molar-refractivity contribution < 1.29 is 19.1 Å². The van der Waals surface area contributed by atoms with Crippen LogP contribution in [-0.4, -0.2) is 37.5 Å². The second-order valence-corrected chi connectivity index (χ2v) is 6.58. The van der Waals surface area contributed by atoms with Gasteiger partial charge in [0.25, 0.3) is 0 Å². The smallest absolute Gasteiger partial charge is 0.343 e. The summed E-state index contributed by atoms with van der Waals surface area (Å²) in [5.41, 5.74) is 0.682. The highest BCUT2D eigenvalue weighted by molar-refractivity contribution is 6.24. The molecule has 0 aliphatic carbocycles. The van der Waals surface area contributed by atoms with Crippen LogP contribution in [0.15, 0.2) is 40.5 Å². The third kappa shape index (κ3) is 3.75. The molecular formula is C20H22N4O4. The largest absolute Gasteiger partial charge is 0.462 e. The van der Waals surface area contributed by atoms with E-state index in [1.807, 2.05) is 18.2 Å². The van der Waals surface area contributed by atoms with Crippen LogP contribution in [0.25, 0.3) is 0 Å². The van der Waals surface area contributed by atoms with E-state index in [0.717, 1.165) is 0 Å². The molecule has 0 radical (unpaired) electrons. The van der Waals surface area contributed by atoms with Crippen molar-refractivity contribution in [2.45, 2.75) is 26.7 Å². The summed E-state index contributed by atoms with van der Waals surface area (Å²) >= 11 is 0. The summed E-state index contributed by atoms with van der Waals surface area (Å²) < 4.78 is 10.4. The number of benzene rings is 1. The molecule has 1 aromatic rings. The van der Waals surface area contributed by atoms with E-state index in [1.54, 1.807) is 19.9 Å². The summed E-state index contributed by atoms with van der Waals surface area (Å²) in [6.07, 6.45) is 0.573. The zero-order chi connectivity index (χ0) is 20.1. The number of nitrogens with one attached hydrogen (secondary N) is 2. The van der Waals surface area contributed by atoms with Crippen molar-refractivity contribution in [2.24, 2.45) is 10.4 Å². The van der Waals surface area contributed by atoms with Gasteiger partial charge in [-0.05, 0) is 38.8 Å². The van der Waals surface area contributed by atoms with Crippen LogP contribution in [0.2, 0.25) is 0 Å². The third-order valence-electron chi connectivity index (χ3n) is 4.78. The number of ether oxygens (including phenoxy) is 2. The zero-order valence-electron chi connectivity index (χ0n) is 15.9. The fraction of sp³-hybridized carbons (Fsp3) is 0.400. The fourth-order valence-corrected chi connectivity index (χ4v) is 3.18. The first-order valence-electron chi connectivity index (χ1n) is 9.14. The first-order valence-corrected chi connectivity index (χ1v) is 9.14. The first-order chi connectivity index (χ1) is 13.5. The maximum Gasteiger partial charge on any atom is 0.343 e. The maximum absolute atomic E-state index is 13.0. The molecule has 0 unspecified atom stereocenters. The van der Waals surface area contributed by atoms with Gasteiger partial charge < -0.3 is 20.1 Å². The summed E-state index contributed by atoms with van der Waals surface area (Å²) in [5, 5.41) is 15.5. The minimum absolute atomic E-state index is 0.0690.